The topological polar surface area (TPSA) is 17.1 Å². The first kappa shape index (κ1) is 37.2. The van der Waals surface area contributed by atoms with Crippen molar-refractivity contribution in [1.82, 2.24) is 0 Å². The number of thioether (sulfide) groups is 12. The van der Waals surface area contributed by atoms with Crippen LogP contribution in [0.2, 0.25) is 0 Å². The summed E-state index contributed by atoms with van der Waals surface area (Å²) in [4.78, 5) is 13.4. The van der Waals surface area contributed by atoms with Crippen molar-refractivity contribution in [1.29, 1.82) is 0 Å². The van der Waals surface area contributed by atoms with Gasteiger partial charge in [-0.05, 0) is 90.5 Å². The molecule has 2 fully saturated rings. The summed E-state index contributed by atoms with van der Waals surface area (Å²) in [7, 11) is 0. The molecule has 4 aliphatic heterocycles. The first-order valence-electron chi connectivity index (χ1n) is 16.6. The second-order valence-electron chi connectivity index (χ2n) is 12.3. The smallest absolute Gasteiger partial charge is 0.224 e. The molecule has 0 saturated heterocycles. The minimum atomic E-state index is 0.163. The van der Waals surface area contributed by atoms with Crippen LogP contribution in [0.1, 0.15) is 62.2 Å². The fourth-order valence-corrected chi connectivity index (χ4v) is 25.0. The van der Waals surface area contributed by atoms with E-state index in [1.54, 1.807) is 15.4 Å². The van der Waals surface area contributed by atoms with Gasteiger partial charge in [-0.15, -0.1) is 35.3 Å². The summed E-state index contributed by atoms with van der Waals surface area (Å²) in [5, 5.41) is 0.163. The molecule has 13 heteroatoms. The number of unbranched alkanes of at least 4 members (excludes halogenated alkanes) is 3. The molecule has 49 heavy (non-hydrogen) atoms. The third-order valence-corrected chi connectivity index (χ3v) is 26.5. The molecule has 258 valence electrons. The van der Waals surface area contributed by atoms with Crippen LogP contribution in [0, 0.1) is 23.7 Å². The van der Waals surface area contributed by atoms with Crippen molar-refractivity contribution >= 4 is 146 Å². The summed E-state index contributed by atoms with van der Waals surface area (Å²) in [6.07, 6.45) is 18.2. The fourth-order valence-electron chi connectivity index (χ4n) is 7.22. The van der Waals surface area contributed by atoms with Crippen LogP contribution in [-0.4, -0.2) is 23.4 Å². The zero-order valence-corrected chi connectivity index (χ0v) is 37.1. The van der Waals surface area contributed by atoms with E-state index in [1.807, 2.05) is 136 Å². The van der Waals surface area contributed by atoms with E-state index in [0.717, 1.165) is 17.7 Å². The fraction of sp³-hybridized carbons (Fsp3) is 0.417. The van der Waals surface area contributed by atoms with Gasteiger partial charge in [0.05, 0.1) is 42.4 Å². The van der Waals surface area contributed by atoms with Gasteiger partial charge in [-0.2, -0.15) is 0 Å². The van der Waals surface area contributed by atoms with Crippen LogP contribution in [-0.2, 0) is 0 Å². The van der Waals surface area contributed by atoms with Crippen LogP contribution >= 0.6 is 141 Å². The predicted molar refractivity (Wildman–Crippen MR) is 242 cm³/mol. The van der Waals surface area contributed by atoms with E-state index in [2.05, 4.69) is 55.1 Å². The molecule has 4 heterocycles. The third-order valence-electron chi connectivity index (χ3n) is 9.40. The maximum Gasteiger partial charge on any atom is 0.224 e. The summed E-state index contributed by atoms with van der Waals surface area (Å²) in [5.74, 6) is 3.69. The van der Waals surface area contributed by atoms with Crippen molar-refractivity contribution in [2.45, 2.75) is 51.9 Å². The number of benzene rings is 1. The van der Waals surface area contributed by atoms with E-state index >= 15 is 0 Å². The van der Waals surface area contributed by atoms with Crippen LogP contribution in [0.5, 0.6) is 0 Å². The van der Waals surface area contributed by atoms with Gasteiger partial charge in [0.15, 0.2) is 0 Å². The molecule has 1 aromatic rings. The molecule has 2 saturated carbocycles. The highest BCUT2D eigenvalue weighted by Gasteiger charge is 2.52. The number of carbonyl (C=O) groups is 1. The minimum Gasteiger partial charge on any atom is -0.281 e. The first-order chi connectivity index (χ1) is 24.0. The number of hydrogen-bond acceptors (Lipinski definition) is 13. The molecule has 4 atom stereocenters. The van der Waals surface area contributed by atoms with Gasteiger partial charge in [0.2, 0.25) is 5.12 Å². The highest BCUT2D eigenvalue weighted by atomic mass is 32.3. The Bertz CT molecular complexity index is 1710. The molecular formula is C36H36OS12. The maximum absolute atomic E-state index is 13.4. The van der Waals surface area contributed by atoms with Crippen LogP contribution in [0.25, 0.3) is 0 Å². The van der Waals surface area contributed by atoms with Crippen molar-refractivity contribution in [2.24, 2.45) is 23.7 Å². The summed E-state index contributed by atoms with van der Waals surface area (Å²) in [5.41, 5.74) is 4.23. The Hall–Kier alpha value is 1.27. The molecule has 1 aromatic carbocycles. The van der Waals surface area contributed by atoms with E-state index in [9.17, 15) is 4.79 Å². The van der Waals surface area contributed by atoms with Crippen LogP contribution < -0.4 is 0 Å². The van der Waals surface area contributed by atoms with Gasteiger partial charge < -0.3 is 0 Å². The van der Waals surface area contributed by atoms with Gasteiger partial charge in [0, 0.05) is 5.56 Å². The normalized spacial score (nSPS) is 29.1. The minimum absolute atomic E-state index is 0.163. The number of hydrogen-bond donors (Lipinski definition) is 0. The predicted octanol–water partition coefficient (Wildman–Crippen LogP) is 15.7. The Labute approximate surface area is 342 Å². The zero-order valence-electron chi connectivity index (χ0n) is 27.3. The largest absolute Gasteiger partial charge is 0.281 e. The molecule has 2 bridgehead atoms. The Morgan fingerprint density at radius 1 is 0.653 bits per heavy atom. The van der Waals surface area contributed by atoms with Crippen molar-refractivity contribution in [2.75, 3.05) is 18.3 Å². The molecule has 0 radical (unpaired) electrons. The summed E-state index contributed by atoms with van der Waals surface area (Å²) < 4.78 is 14.6. The lowest BCUT2D eigenvalue weighted by Crippen LogP contribution is -2.28. The van der Waals surface area contributed by atoms with E-state index in [0.29, 0.717) is 23.7 Å². The second kappa shape index (κ2) is 17.0. The van der Waals surface area contributed by atoms with Gasteiger partial charge in [-0.3, -0.25) is 4.79 Å². The summed E-state index contributed by atoms with van der Waals surface area (Å²) in [6.45, 7) is 2.28. The second-order valence-corrected chi connectivity index (χ2v) is 26.8. The van der Waals surface area contributed by atoms with Crippen molar-refractivity contribution < 1.29 is 4.79 Å². The molecule has 0 amide bonds. The average Bonchev–Trinajstić information content (AvgIpc) is 3.98. The van der Waals surface area contributed by atoms with Crippen LogP contribution in [0.3, 0.4) is 0 Å². The Kier molecular flexibility index (Phi) is 12.9. The zero-order chi connectivity index (χ0) is 33.5. The first-order valence-corrected chi connectivity index (χ1v) is 27.3. The van der Waals surface area contributed by atoms with E-state index in [-0.39, 0.29) is 5.12 Å². The van der Waals surface area contributed by atoms with E-state index < -0.39 is 0 Å². The lowest BCUT2D eigenvalue weighted by Gasteiger charge is -2.38. The van der Waals surface area contributed by atoms with Gasteiger partial charge in [-0.25, -0.2) is 0 Å². The number of fused-ring (bicyclic) bond motifs is 5. The van der Waals surface area contributed by atoms with Gasteiger partial charge in [-0.1, -0.05) is 163 Å². The Morgan fingerprint density at radius 2 is 1.18 bits per heavy atom. The molecule has 4 unspecified atom stereocenters. The Balaban J connectivity index is 1.00. The lowest BCUT2D eigenvalue weighted by molar-refractivity contribution is 0.108. The number of rotatable bonds is 10. The van der Waals surface area contributed by atoms with E-state index in [4.69, 9.17) is 0 Å². The Morgan fingerprint density at radius 3 is 1.78 bits per heavy atom. The van der Waals surface area contributed by atoms with Gasteiger partial charge >= 0.3 is 0 Å². The van der Waals surface area contributed by atoms with Crippen LogP contribution in [0.4, 0.5) is 0 Å². The molecule has 8 rings (SSSR count). The number of carbonyl (C=O) groups excluding carboxylic acids is 1. The SMILES string of the molecule is CCCCCCSC1=C(SC(=O)c2ccccc2)S/C(=C2/CCC(=C3SC4=C(SC(=C5SC(SC)=C(SC)S5)S4)S3)C3C4C=CC(C4)C23)S1. The lowest BCUT2D eigenvalue weighted by atomic mass is 9.69. The standard InChI is InChI=1S/C36H36OS12/c1-4-5-6-10-17-40-31-32(41-26(37)19-11-8-7-9-12-19)43-27(42-31)22-15-16-23(25-21-14-13-20(18-21)24(22)25)28-44-33-34(45-28)49-36(48-33)35-46-29(38-2)30(39-3)47-35/h7-9,11-14,20-21,24-25H,4-6,10,15-18H2,1-3H3/b27-22-. The average molecular weight is 869 g/mol. The third kappa shape index (κ3) is 7.87. The van der Waals surface area contributed by atoms with Gasteiger partial charge in [0.25, 0.3) is 0 Å². The molecule has 3 aliphatic carbocycles. The molecule has 0 spiro atoms. The van der Waals surface area contributed by atoms with Gasteiger partial charge in [0.1, 0.15) is 0 Å². The summed E-state index contributed by atoms with van der Waals surface area (Å²) in [6, 6.07) is 9.83. The molecule has 1 nitrogen and oxygen atoms in total. The maximum atomic E-state index is 13.4. The molecule has 0 aromatic heterocycles. The van der Waals surface area contributed by atoms with E-state index in [1.165, 1.54) is 88.4 Å². The van der Waals surface area contributed by atoms with Crippen molar-refractivity contribution in [3.63, 3.8) is 0 Å². The molecule has 0 N–H and O–H groups in total. The van der Waals surface area contributed by atoms with Crippen molar-refractivity contribution in [3.8, 4) is 0 Å². The molecule has 7 aliphatic rings. The molecular weight excluding hydrogens is 833 g/mol. The monoisotopic (exact) mass is 868 g/mol. The van der Waals surface area contributed by atoms with Crippen LogP contribution in [0.15, 0.2) is 96.0 Å². The highest BCUT2D eigenvalue weighted by Crippen LogP contribution is 2.73. The van der Waals surface area contributed by atoms with Crippen molar-refractivity contribution in [3.05, 3.63) is 102 Å². The number of allylic oxidation sites excluding steroid dienone is 4. The summed E-state index contributed by atoms with van der Waals surface area (Å²) >= 11 is 23.3. The quantitative estimate of drug-likeness (QED) is 0.164. The highest BCUT2D eigenvalue weighted by molar-refractivity contribution is 8.49.